The summed E-state index contributed by atoms with van der Waals surface area (Å²) in [6.07, 6.45) is 0. The van der Waals surface area contributed by atoms with Crippen LogP contribution >= 0.6 is 65.8 Å². The van der Waals surface area contributed by atoms with Gasteiger partial charge in [0, 0.05) is 0 Å². The second kappa shape index (κ2) is 5.09. The van der Waals surface area contributed by atoms with Crippen molar-refractivity contribution in [3.63, 3.8) is 0 Å². The van der Waals surface area contributed by atoms with Crippen LogP contribution in [0.3, 0.4) is 0 Å². The number of phosphoric acid groups is 1. The van der Waals surface area contributed by atoms with Crippen molar-refractivity contribution in [3.8, 4) is 5.75 Å². The Morgan fingerprint density at radius 1 is 0.812 bits per heavy atom. The monoisotopic (exact) mass is 344 g/mol. The van der Waals surface area contributed by atoms with E-state index in [4.69, 9.17) is 67.8 Å². The Morgan fingerprint density at radius 2 is 1.12 bits per heavy atom. The molecule has 1 rings (SSSR count). The molecule has 1 aromatic carbocycles. The standard InChI is InChI=1S/C6H2Cl5O4P/c7-1-2(8)4(10)6(5(11)3(1)9)15-16(12,13)14/h(H2,12,13,14). The van der Waals surface area contributed by atoms with Gasteiger partial charge in [0.25, 0.3) is 0 Å². The molecular formula is C6H2Cl5O4P. The van der Waals surface area contributed by atoms with Gasteiger partial charge in [-0.2, -0.15) is 0 Å². The Kier molecular flexibility index (Phi) is 4.67. The van der Waals surface area contributed by atoms with Gasteiger partial charge in [-0.1, -0.05) is 58.0 Å². The molecule has 0 atom stereocenters. The predicted molar refractivity (Wildman–Crippen MR) is 64.2 cm³/mol. The number of hydrogen-bond donors (Lipinski definition) is 2. The van der Waals surface area contributed by atoms with E-state index in [9.17, 15) is 4.57 Å². The van der Waals surface area contributed by atoms with Gasteiger partial charge in [-0.25, -0.2) is 4.57 Å². The summed E-state index contributed by atoms with van der Waals surface area (Å²) in [5.74, 6) is -0.518. The fourth-order valence-electron chi connectivity index (χ4n) is 0.784. The molecule has 0 bridgehead atoms. The van der Waals surface area contributed by atoms with Gasteiger partial charge in [-0.05, 0) is 0 Å². The minimum Gasteiger partial charge on any atom is -0.401 e. The van der Waals surface area contributed by atoms with Crippen LogP contribution in [0.1, 0.15) is 0 Å². The number of rotatable bonds is 2. The van der Waals surface area contributed by atoms with Crippen LogP contribution < -0.4 is 4.52 Å². The van der Waals surface area contributed by atoms with Crippen molar-refractivity contribution in [2.75, 3.05) is 0 Å². The van der Waals surface area contributed by atoms with Gasteiger partial charge in [0.15, 0.2) is 5.75 Å². The maximum Gasteiger partial charge on any atom is 0.524 e. The molecule has 90 valence electrons. The molecule has 0 spiro atoms. The van der Waals surface area contributed by atoms with Gasteiger partial charge < -0.3 is 4.52 Å². The van der Waals surface area contributed by atoms with Crippen molar-refractivity contribution < 1.29 is 18.9 Å². The molecule has 0 aliphatic heterocycles. The van der Waals surface area contributed by atoms with Crippen molar-refractivity contribution in [3.05, 3.63) is 25.1 Å². The summed E-state index contributed by atoms with van der Waals surface area (Å²) >= 11 is 28.3. The van der Waals surface area contributed by atoms with Crippen LogP contribution in [0, 0.1) is 0 Å². The molecule has 2 N–H and O–H groups in total. The highest BCUT2D eigenvalue weighted by Gasteiger charge is 2.26. The lowest BCUT2D eigenvalue weighted by Crippen LogP contribution is -1.93. The van der Waals surface area contributed by atoms with Crippen LogP contribution in [-0.4, -0.2) is 9.79 Å². The van der Waals surface area contributed by atoms with Crippen molar-refractivity contribution in [2.45, 2.75) is 0 Å². The molecule has 0 amide bonds. The average Bonchev–Trinajstić information content (AvgIpc) is 2.17. The molecule has 10 heteroatoms. The average molecular weight is 346 g/mol. The first-order chi connectivity index (χ1) is 7.15. The Morgan fingerprint density at radius 3 is 1.44 bits per heavy atom. The van der Waals surface area contributed by atoms with Gasteiger partial charge in [0.05, 0.1) is 15.1 Å². The zero-order valence-electron chi connectivity index (χ0n) is 7.05. The van der Waals surface area contributed by atoms with Gasteiger partial charge in [0.2, 0.25) is 0 Å². The van der Waals surface area contributed by atoms with Crippen LogP contribution in [0.15, 0.2) is 0 Å². The van der Waals surface area contributed by atoms with Crippen LogP contribution in [0.4, 0.5) is 0 Å². The van der Waals surface area contributed by atoms with E-state index in [2.05, 4.69) is 4.52 Å². The largest absolute Gasteiger partial charge is 0.524 e. The second-order valence-corrected chi connectivity index (χ2v) is 5.53. The predicted octanol–water partition coefficient (Wildman–Crippen LogP) is 4.43. The Bertz CT molecular complexity index is 455. The SMILES string of the molecule is O=P(O)(O)Oc1c(Cl)c(Cl)c(Cl)c(Cl)c1Cl. The summed E-state index contributed by atoms with van der Waals surface area (Å²) in [6, 6.07) is 0. The zero-order valence-corrected chi connectivity index (χ0v) is 11.7. The van der Waals surface area contributed by atoms with Gasteiger partial charge in [0.1, 0.15) is 10.0 Å². The second-order valence-electron chi connectivity index (χ2n) is 2.48. The zero-order chi connectivity index (χ0) is 12.7. The first-order valence-corrected chi connectivity index (χ1v) is 6.83. The van der Waals surface area contributed by atoms with E-state index in [1.807, 2.05) is 0 Å². The fourth-order valence-corrected chi connectivity index (χ4v) is 2.51. The third-order valence-corrected chi connectivity index (χ3v) is 4.04. The highest BCUT2D eigenvalue weighted by molar-refractivity contribution is 7.46. The first-order valence-electron chi connectivity index (χ1n) is 3.41. The van der Waals surface area contributed by atoms with Crippen LogP contribution in [-0.2, 0) is 4.57 Å². The quantitative estimate of drug-likeness (QED) is 0.472. The summed E-state index contributed by atoms with van der Waals surface area (Å²) in [4.78, 5) is 17.2. The van der Waals surface area contributed by atoms with Crippen molar-refractivity contribution in [2.24, 2.45) is 0 Å². The molecule has 0 saturated heterocycles. The summed E-state index contributed by atoms with van der Waals surface area (Å²) in [5.41, 5.74) is 0. The molecule has 0 aliphatic rings. The van der Waals surface area contributed by atoms with Gasteiger partial charge in [-0.3, -0.25) is 9.79 Å². The maximum absolute atomic E-state index is 10.6. The van der Waals surface area contributed by atoms with Crippen LogP contribution in [0.5, 0.6) is 5.75 Å². The molecular weight excluding hydrogens is 344 g/mol. The summed E-state index contributed by atoms with van der Waals surface area (Å²) < 4.78 is 14.9. The molecule has 16 heavy (non-hydrogen) atoms. The van der Waals surface area contributed by atoms with Crippen LogP contribution in [0.2, 0.25) is 25.1 Å². The number of benzene rings is 1. The molecule has 0 fully saturated rings. The van der Waals surface area contributed by atoms with Crippen LogP contribution in [0.25, 0.3) is 0 Å². The summed E-state index contributed by atoms with van der Waals surface area (Å²) in [7, 11) is -4.83. The first kappa shape index (κ1) is 14.7. The smallest absolute Gasteiger partial charge is 0.401 e. The number of hydrogen-bond acceptors (Lipinski definition) is 2. The molecule has 0 unspecified atom stereocenters. The fraction of sp³-hybridized carbons (Fsp3) is 0. The van der Waals surface area contributed by atoms with E-state index in [0.29, 0.717) is 0 Å². The van der Waals surface area contributed by atoms with E-state index < -0.39 is 13.6 Å². The van der Waals surface area contributed by atoms with E-state index in [1.165, 1.54) is 0 Å². The molecule has 0 radical (unpaired) electrons. The molecule has 1 aromatic rings. The number of phosphoric ester groups is 1. The molecule has 0 aromatic heterocycles. The molecule has 4 nitrogen and oxygen atoms in total. The summed E-state index contributed by atoms with van der Waals surface area (Å²) in [6.45, 7) is 0. The van der Waals surface area contributed by atoms with Gasteiger partial charge in [-0.15, -0.1) is 0 Å². The van der Waals surface area contributed by atoms with Gasteiger partial charge >= 0.3 is 7.82 Å². The molecule has 0 heterocycles. The molecule has 0 saturated carbocycles. The molecule has 0 aliphatic carbocycles. The normalized spacial score (nSPS) is 11.7. The van der Waals surface area contributed by atoms with Crippen molar-refractivity contribution >= 4 is 65.8 Å². The lowest BCUT2D eigenvalue weighted by Gasteiger charge is -2.13. The third-order valence-electron chi connectivity index (χ3n) is 1.38. The topological polar surface area (TPSA) is 66.8 Å². The Labute approximate surface area is 115 Å². The number of halogens is 5. The van der Waals surface area contributed by atoms with E-state index in [1.54, 1.807) is 0 Å². The van der Waals surface area contributed by atoms with E-state index >= 15 is 0 Å². The van der Waals surface area contributed by atoms with Crippen molar-refractivity contribution in [1.82, 2.24) is 0 Å². The maximum atomic E-state index is 10.6. The van der Waals surface area contributed by atoms with E-state index in [-0.39, 0.29) is 25.1 Å². The lowest BCUT2D eigenvalue weighted by atomic mass is 10.3. The minimum absolute atomic E-state index is 0.128. The highest BCUT2D eigenvalue weighted by Crippen LogP contribution is 2.52. The minimum atomic E-state index is -4.83. The summed E-state index contributed by atoms with van der Waals surface area (Å²) in [5, 5.41) is -1.20. The lowest BCUT2D eigenvalue weighted by molar-refractivity contribution is 0.283. The van der Waals surface area contributed by atoms with E-state index in [0.717, 1.165) is 0 Å². The Balaban J connectivity index is 3.46. The Hall–Kier alpha value is 0.620. The van der Waals surface area contributed by atoms with Crippen molar-refractivity contribution in [1.29, 1.82) is 0 Å². The third kappa shape index (κ3) is 3.09. The highest BCUT2D eigenvalue weighted by atomic mass is 35.5.